The zero-order chi connectivity index (χ0) is 21.8. The fourth-order valence-corrected chi connectivity index (χ4v) is 4.30. The maximum absolute atomic E-state index is 13.0. The van der Waals surface area contributed by atoms with Crippen molar-refractivity contribution < 1.29 is 19.1 Å². The summed E-state index contributed by atoms with van der Waals surface area (Å²) in [6, 6.07) is 15.4. The van der Waals surface area contributed by atoms with Crippen molar-refractivity contribution in [3.05, 3.63) is 54.1 Å². The third kappa shape index (κ3) is 4.66. The highest BCUT2D eigenvalue weighted by atomic mass is 16.5. The van der Waals surface area contributed by atoms with Crippen LogP contribution in [0.3, 0.4) is 0 Å². The molecule has 0 bridgehead atoms. The number of anilines is 1. The third-order valence-electron chi connectivity index (χ3n) is 6.20. The SMILES string of the molecule is COc1ccc(CCN2C(=O)C[C@@H](N3CCN(c4ccc(OC)cc4)CC3)C2=O)cc1. The Balaban J connectivity index is 1.31. The minimum Gasteiger partial charge on any atom is -0.497 e. The van der Waals surface area contributed by atoms with E-state index in [-0.39, 0.29) is 24.3 Å². The van der Waals surface area contributed by atoms with E-state index in [9.17, 15) is 9.59 Å². The number of nitrogens with zero attached hydrogens (tertiary/aromatic N) is 3. The second-order valence-corrected chi connectivity index (χ2v) is 7.92. The number of rotatable bonds is 7. The van der Waals surface area contributed by atoms with Crippen molar-refractivity contribution in [1.82, 2.24) is 9.80 Å². The van der Waals surface area contributed by atoms with Crippen LogP contribution >= 0.6 is 0 Å². The van der Waals surface area contributed by atoms with Crippen LogP contribution in [0.4, 0.5) is 5.69 Å². The first-order valence-electron chi connectivity index (χ1n) is 10.7. The molecule has 2 aromatic rings. The van der Waals surface area contributed by atoms with Crippen LogP contribution in [0.15, 0.2) is 48.5 Å². The molecule has 7 nitrogen and oxygen atoms in total. The van der Waals surface area contributed by atoms with Crippen LogP contribution in [0.1, 0.15) is 12.0 Å². The largest absolute Gasteiger partial charge is 0.497 e. The number of hydrogen-bond donors (Lipinski definition) is 0. The molecule has 7 heteroatoms. The first-order chi connectivity index (χ1) is 15.1. The average molecular weight is 424 g/mol. The van der Waals surface area contributed by atoms with E-state index >= 15 is 0 Å². The summed E-state index contributed by atoms with van der Waals surface area (Å²) < 4.78 is 10.4. The summed E-state index contributed by atoms with van der Waals surface area (Å²) >= 11 is 0. The summed E-state index contributed by atoms with van der Waals surface area (Å²) in [5.41, 5.74) is 2.23. The number of methoxy groups -OCH3 is 2. The molecule has 0 unspecified atom stereocenters. The monoisotopic (exact) mass is 423 g/mol. The van der Waals surface area contributed by atoms with E-state index in [1.807, 2.05) is 36.4 Å². The molecule has 2 heterocycles. The molecule has 2 amide bonds. The number of ether oxygens (including phenoxy) is 2. The highest BCUT2D eigenvalue weighted by Gasteiger charge is 2.42. The van der Waals surface area contributed by atoms with Crippen molar-refractivity contribution >= 4 is 17.5 Å². The molecule has 0 aliphatic carbocycles. The van der Waals surface area contributed by atoms with Crippen molar-refractivity contribution in [2.75, 3.05) is 51.8 Å². The lowest BCUT2D eigenvalue weighted by molar-refractivity contribution is -0.139. The predicted octanol–water partition coefficient (Wildman–Crippen LogP) is 2.20. The number of carbonyl (C=O) groups excluding carboxylic acids is 2. The maximum Gasteiger partial charge on any atom is 0.247 e. The Hall–Kier alpha value is -3.06. The predicted molar refractivity (Wildman–Crippen MR) is 119 cm³/mol. The summed E-state index contributed by atoms with van der Waals surface area (Å²) in [4.78, 5) is 31.4. The van der Waals surface area contributed by atoms with E-state index in [2.05, 4.69) is 21.9 Å². The Morgan fingerprint density at radius 1 is 0.839 bits per heavy atom. The zero-order valence-electron chi connectivity index (χ0n) is 18.1. The van der Waals surface area contributed by atoms with Gasteiger partial charge >= 0.3 is 0 Å². The quantitative estimate of drug-likeness (QED) is 0.637. The fraction of sp³-hybridized carbons (Fsp3) is 0.417. The molecule has 164 valence electrons. The van der Waals surface area contributed by atoms with Crippen molar-refractivity contribution in [3.8, 4) is 11.5 Å². The summed E-state index contributed by atoms with van der Waals surface area (Å²) in [7, 11) is 3.29. The molecule has 2 aliphatic rings. The first kappa shape index (κ1) is 21.2. The lowest BCUT2D eigenvalue weighted by Gasteiger charge is -2.38. The Morgan fingerprint density at radius 2 is 1.42 bits per heavy atom. The van der Waals surface area contributed by atoms with Gasteiger partial charge in [0.05, 0.1) is 26.7 Å². The lowest BCUT2D eigenvalue weighted by Crippen LogP contribution is -2.52. The van der Waals surface area contributed by atoms with Gasteiger partial charge in [-0.15, -0.1) is 0 Å². The van der Waals surface area contributed by atoms with E-state index < -0.39 is 0 Å². The molecule has 1 atom stereocenters. The van der Waals surface area contributed by atoms with Crippen molar-refractivity contribution in [3.63, 3.8) is 0 Å². The van der Waals surface area contributed by atoms with Gasteiger partial charge < -0.3 is 14.4 Å². The molecule has 4 rings (SSSR count). The molecular weight excluding hydrogens is 394 g/mol. The van der Waals surface area contributed by atoms with Crippen LogP contribution in [0, 0.1) is 0 Å². The fourth-order valence-electron chi connectivity index (χ4n) is 4.30. The van der Waals surface area contributed by atoms with Crippen molar-refractivity contribution in [1.29, 1.82) is 0 Å². The Labute approximate surface area is 183 Å². The Morgan fingerprint density at radius 3 is 2.00 bits per heavy atom. The topological polar surface area (TPSA) is 62.3 Å². The Bertz CT molecular complexity index is 905. The molecule has 0 saturated carbocycles. The van der Waals surface area contributed by atoms with Crippen LogP contribution in [-0.2, 0) is 16.0 Å². The van der Waals surface area contributed by atoms with Gasteiger partial charge in [0, 0.05) is 38.4 Å². The second-order valence-electron chi connectivity index (χ2n) is 7.92. The molecule has 2 saturated heterocycles. The van der Waals surface area contributed by atoms with Gasteiger partial charge in [0.15, 0.2) is 0 Å². The number of hydrogen-bond acceptors (Lipinski definition) is 6. The van der Waals surface area contributed by atoms with E-state index in [0.717, 1.165) is 48.9 Å². The molecule has 2 fully saturated rings. The zero-order valence-corrected chi connectivity index (χ0v) is 18.1. The third-order valence-corrected chi connectivity index (χ3v) is 6.20. The molecule has 0 spiro atoms. The second kappa shape index (κ2) is 9.39. The van der Waals surface area contributed by atoms with Crippen molar-refractivity contribution in [2.24, 2.45) is 0 Å². The number of imide groups is 1. The van der Waals surface area contributed by atoms with Crippen LogP contribution in [0.25, 0.3) is 0 Å². The number of likely N-dealkylation sites (tertiary alicyclic amines) is 1. The van der Waals surface area contributed by atoms with Gasteiger partial charge in [0.2, 0.25) is 11.8 Å². The summed E-state index contributed by atoms with van der Waals surface area (Å²) in [6.07, 6.45) is 0.934. The highest BCUT2D eigenvalue weighted by Crippen LogP contribution is 2.24. The average Bonchev–Trinajstić information content (AvgIpc) is 3.11. The minimum atomic E-state index is -0.332. The van der Waals surface area contributed by atoms with E-state index in [0.29, 0.717) is 13.0 Å². The van der Waals surface area contributed by atoms with Gasteiger partial charge in [-0.25, -0.2) is 0 Å². The maximum atomic E-state index is 13.0. The molecule has 2 aliphatic heterocycles. The normalized spacial score (nSPS) is 19.7. The summed E-state index contributed by atoms with van der Waals surface area (Å²) in [5.74, 6) is 1.51. The molecular formula is C24H29N3O4. The van der Waals surface area contributed by atoms with Crippen LogP contribution < -0.4 is 14.4 Å². The lowest BCUT2D eigenvalue weighted by atomic mass is 10.1. The number of carbonyl (C=O) groups is 2. The van der Waals surface area contributed by atoms with Crippen LogP contribution in [-0.4, -0.2) is 74.6 Å². The molecule has 2 aromatic carbocycles. The summed E-state index contributed by atoms with van der Waals surface area (Å²) in [6.45, 7) is 3.61. The standard InChI is InChI=1S/C24H29N3O4/c1-30-20-7-3-18(4-8-20)11-12-27-23(28)17-22(24(27)29)26-15-13-25(14-16-26)19-5-9-21(31-2)10-6-19/h3-10,22H,11-17H2,1-2H3/t22-/m1/s1. The first-order valence-corrected chi connectivity index (χ1v) is 10.7. The van der Waals surface area contributed by atoms with Gasteiger partial charge in [-0.3, -0.25) is 19.4 Å². The molecule has 0 aromatic heterocycles. The van der Waals surface area contributed by atoms with Gasteiger partial charge in [-0.2, -0.15) is 0 Å². The number of amides is 2. The molecule has 31 heavy (non-hydrogen) atoms. The van der Waals surface area contributed by atoms with Gasteiger partial charge in [-0.1, -0.05) is 12.1 Å². The van der Waals surface area contributed by atoms with E-state index in [1.54, 1.807) is 14.2 Å². The highest BCUT2D eigenvalue weighted by molar-refractivity contribution is 6.05. The smallest absolute Gasteiger partial charge is 0.247 e. The Kier molecular flexibility index (Phi) is 6.42. The summed E-state index contributed by atoms with van der Waals surface area (Å²) in [5, 5.41) is 0. The minimum absolute atomic E-state index is 0.0589. The van der Waals surface area contributed by atoms with Gasteiger partial charge in [0.25, 0.3) is 0 Å². The van der Waals surface area contributed by atoms with Crippen LogP contribution in [0.5, 0.6) is 11.5 Å². The van der Waals surface area contributed by atoms with Gasteiger partial charge in [0.1, 0.15) is 11.5 Å². The van der Waals surface area contributed by atoms with E-state index in [4.69, 9.17) is 9.47 Å². The van der Waals surface area contributed by atoms with E-state index in [1.165, 1.54) is 4.90 Å². The number of benzene rings is 2. The number of piperazine rings is 1. The van der Waals surface area contributed by atoms with Crippen LogP contribution in [0.2, 0.25) is 0 Å². The molecule has 0 N–H and O–H groups in total. The molecule has 0 radical (unpaired) electrons. The van der Waals surface area contributed by atoms with Gasteiger partial charge in [-0.05, 0) is 48.4 Å². The van der Waals surface area contributed by atoms with Crippen molar-refractivity contribution in [2.45, 2.75) is 18.9 Å².